The van der Waals surface area contributed by atoms with E-state index in [2.05, 4.69) is 17.7 Å². The van der Waals surface area contributed by atoms with Crippen LogP contribution in [0, 0.1) is 6.92 Å². The number of amides is 2. The van der Waals surface area contributed by atoms with Crippen LogP contribution in [0.2, 0.25) is 0 Å². The number of nitrogens with one attached hydrogen (secondary N) is 2. The number of carbonyl (C=O) groups is 1. The molecule has 112 valence electrons. The van der Waals surface area contributed by atoms with Crippen LogP contribution in [-0.4, -0.2) is 12.6 Å². The van der Waals surface area contributed by atoms with Crippen molar-refractivity contribution in [2.24, 2.45) is 0 Å². The Balaban J connectivity index is 2.01. The maximum absolute atomic E-state index is 11.5. The highest BCUT2D eigenvalue weighted by atomic mass is 16.7. The summed E-state index contributed by atoms with van der Waals surface area (Å²) in [7, 11) is 0. The van der Waals surface area contributed by atoms with Gasteiger partial charge < -0.3 is 5.32 Å². The zero-order valence-electron chi connectivity index (χ0n) is 12.6. The van der Waals surface area contributed by atoms with Crippen molar-refractivity contribution in [2.45, 2.75) is 52.4 Å². The molecule has 0 aliphatic rings. The molecule has 0 spiro atoms. The van der Waals surface area contributed by atoms with Gasteiger partial charge in [0.2, 0.25) is 0 Å². The minimum atomic E-state index is -0.333. The van der Waals surface area contributed by atoms with E-state index in [1.54, 1.807) is 0 Å². The lowest BCUT2D eigenvalue weighted by molar-refractivity contribution is 0.0631. The monoisotopic (exact) mass is 278 g/mol. The largest absolute Gasteiger partial charge is 0.343 e. The molecule has 4 nitrogen and oxygen atoms in total. The average molecular weight is 278 g/mol. The van der Waals surface area contributed by atoms with E-state index in [0.29, 0.717) is 6.61 Å². The molecule has 1 aromatic rings. The van der Waals surface area contributed by atoms with Gasteiger partial charge in [0.25, 0.3) is 0 Å². The number of urea groups is 1. The Morgan fingerprint density at radius 1 is 1.05 bits per heavy atom. The van der Waals surface area contributed by atoms with Crippen molar-refractivity contribution in [1.82, 2.24) is 5.48 Å². The molecule has 0 aromatic heterocycles. The van der Waals surface area contributed by atoms with Gasteiger partial charge in [0.05, 0.1) is 6.61 Å². The van der Waals surface area contributed by atoms with Gasteiger partial charge in [-0.05, 0) is 25.5 Å². The predicted octanol–water partition coefficient (Wildman–Crippen LogP) is 4.41. The topological polar surface area (TPSA) is 50.4 Å². The fourth-order valence-electron chi connectivity index (χ4n) is 1.86. The molecule has 2 N–H and O–H groups in total. The van der Waals surface area contributed by atoms with Gasteiger partial charge in [-0.15, -0.1) is 0 Å². The van der Waals surface area contributed by atoms with E-state index in [-0.39, 0.29) is 6.03 Å². The molecule has 4 heteroatoms. The number of unbranched alkanes of at least 4 members (excludes halogenated alkanes) is 5. The number of hydrogen-bond donors (Lipinski definition) is 2. The first-order valence-corrected chi connectivity index (χ1v) is 7.48. The van der Waals surface area contributed by atoms with Crippen LogP contribution in [0.15, 0.2) is 24.3 Å². The van der Waals surface area contributed by atoms with Gasteiger partial charge in [-0.25, -0.2) is 10.3 Å². The van der Waals surface area contributed by atoms with Gasteiger partial charge in [-0.3, -0.25) is 4.84 Å². The Kier molecular flexibility index (Phi) is 8.47. The van der Waals surface area contributed by atoms with Crippen LogP contribution in [0.1, 0.15) is 51.0 Å². The van der Waals surface area contributed by atoms with Crippen LogP contribution in [0.25, 0.3) is 0 Å². The van der Waals surface area contributed by atoms with Crippen LogP contribution in [-0.2, 0) is 4.84 Å². The molecule has 1 aromatic carbocycles. The zero-order valence-corrected chi connectivity index (χ0v) is 12.6. The maximum Gasteiger partial charge on any atom is 0.343 e. The summed E-state index contributed by atoms with van der Waals surface area (Å²) in [5.74, 6) is 0. The summed E-state index contributed by atoms with van der Waals surface area (Å²) in [6.07, 6.45) is 7.23. The van der Waals surface area contributed by atoms with Crippen LogP contribution in [0.5, 0.6) is 0 Å². The third-order valence-electron chi connectivity index (χ3n) is 3.07. The smallest absolute Gasteiger partial charge is 0.306 e. The lowest BCUT2D eigenvalue weighted by atomic mass is 10.1. The van der Waals surface area contributed by atoms with Crippen LogP contribution >= 0.6 is 0 Å². The number of carbonyl (C=O) groups excluding carboxylic acids is 1. The highest BCUT2D eigenvalue weighted by Crippen LogP contribution is 2.08. The Morgan fingerprint density at radius 3 is 2.40 bits per heavy atom. The van der Waals surface area contributed by atoms with E-state index in [4.69, 9.17) is 4.84 Å². The molecule has 0 aliphatic heterocycles. The summed E-state index contributed by atoms with van der Waals surface area (Å²) in [6, 6.07) is 7.30. The minimum absolute atomic E-state index is 0.333. The molecule has 1 rings (SSSR count). The quantitative estimate of drug-likeness (QED) is 0.519. The highest BCUT2D eigenvalue weighted by Gasteiger charge is 2.00. The molecule has 0 atom stereocenters. The van der Waals surface area contributed by atoms with Crippen molar-refractivity contribution in [3.8, 4) is 0 Å². The normalized spacial score (nSPS) is 10.3. The van der Waals surface area contributed by atoms with Crippen molar-refractivity contribution in [2.75, 3.05) is 11.9 Å². The fourth-order valence-corrected chi connectivity index (χ4v) is 1.86. The SMILES string of the molecule is CCCCCCCCONC(=O)Nc1ccc(C)cc1. The van der Waals surface area contributed by atoms with E-state index in [9.17, 15) is 4.79 Å². The first-order chi connectivity index (χ1) is 9.72. The summed E-state index contributed by atoms with van der Waals surface area (Å²) < 4.78 is 0. The number of anilines is 1. The highest BCUT2D eigenvalue weighted by molar-refractivity contribution is 5.88. The third-order valence-corrected chi connectivity index (χ3v) is 3.07. The summed E-state index contributed by atoms with van der Waals surface area (Å²) in [5, 5.41) is 2.71. The molecular formula is C16H26N2O2. The molecule has 0 unspecified atom stereocenters. The van der Waals surface area contributed by atoms with Gasteiger partial charge in [0.15, 0.2) is 0 Å². The van der Waals surface area contributed by atoms with Gasteiger partial charge >= 0.3 is 6.03 Å². The third kappa shape index (κ3) is 7.79. The number of hydrogen-bond acceptors (Lipinski definition) is 2. The molecule has 0 bridgehead atoms. The lowest BCUT2D eigenvalue weighted by Gasteiger charge is -2.08. The van der Waals surface area contributed by atoms with Crippen LogP contribution in [0.4, 0.5) is 10.5 Å². The summed E-state index contributed by atoms with van der Waals surface area (Å²) in [6.45, 7) is 4.78. The second-order valence-corrected chi connectivity index (χ2v) is 5.04. The fraction of sp³-hybridized carbons (Fsp3) is 0.562. The first-order valence-electron chi connectivity index (χ1n) is 7.48. The van der Waals surface area contributed by atoms with Crippen molar-refractivity contribution in [3.05, 3.63) is 29.8 Å². The molecule has 20 heavy (non-hydrogen) atoms. The number of hydroxylamine groups is 1. The van der Waals surface area contributed by atoms with E-state index in [1.165, 1.54) is 25.7 Å². The van der Waals surface area contributed by atoms with Crippen LogP contribution < -0.4 is 10.8 Å². The van der Waals surface area contributed by atoms with Gasteiger partial charge in [-0.2, -0.15) is 0 Å². The van der Waals surface area contributed by atoms with E-state index in [0.717, 1.165) is 24.1 Å². The van der Waals surface area contributed by atoms with E-state index >= 15 is 0 Å². The summed E-state index contributed by atoms with van der Waals surface area (Å²) in [4.78, 5) is 16.7. The number of aryl methyl sites for hydroxylation is 1. The molecule has 0 aliphatic carbocycles. The summed E-state index contributed by atoms with van der Waals surface area (Å²) in [5.41, 5.74) is 4.32. The summed E-state index contributed by atoms with van der Waals surface area (Å²) >= 11 is 0. The minimum Gasteiger partial charge on any atom is -0.306 e. The maximum atomic E-state index is 11.5. The second kappa shape index (κ2) is 10.3. The molecular weight excluding hydrogens is 252 g/mol. The zero-order chi connectivity index (χ0) is 14.6. The predicted molar refractivity (Wildman–Crippen MR) is 82.7 cm³/mol. The average Bonchev–Trinajstić information content (AvgIpc) is 2.44. The van der Waals surface area contributed by atoms with Crippen molar-refractivity contribution in [1.29, 1.82) is 0 Å². The number of benzene rings is 1. The van der Waals surface area contributed by atoms with Crippen molar-refractivity contribution >= 4 is 11.7 Å². The number of rotatable bonds is 9. The van der Waals surface area contributed by atoms with E-state index < -0.39 is 0 Å². The molecule has 0 fully saturated rings. The Morgan fingerprint density at radius 2 is 1.70 bits per heavy atom. The molecule has 0 saturated carbocycles. The van der Waals surface area contributed by atoms with E-state index in [1.807, 2.05) is 31.2 Å². The van der Waals surface area contributed by atoms with Crippen LogP contribution in [0.3, 0.4) is 0 Å². The second-order valence-electron chi connectivity index (χ2n) is 5.04. The van der Waals surface area contributed by atoms with Gasteiger partial charge in [-0.1, -0.05) is 56.7 Å². The Labute approximate surface area is 121 Å². The van der Waals surface area contributed by atoms with Gasteiger partial charge in [0, 0.05) is 5.69 Å². The van der Waals surface area contributed by atoms with Crippen molar-refractivity contribution in [3.63, 3.8) is 0 Å². The lowest BCUT2D eigenvalue weighted by Crippen LogP contribution is -2.29. The van der Waals surface area contributed by atoms with Gasteiger partial charge in [0.1, 0.15) is 0 Å². The molecule has 2 amide bonds. The van der Waals surface area contributed by atoms with Crippen molar-refractivity contribution < 1.29 is 9.63 Å². The Bertz CT molecular complexity index is 377. The molecule has 0 saturated heterocycles. The molecule has 0 radical (unpaired) electrons. The first kappa shape index (κ1) is 16.5. The Hall–Kier alpha value is -1.55. The molecule has 0 heterocycles. The standard InChI is InChI=1S/C16H26N2O2/c1-3-4-5-6-7-8-13-20-18-16(19)17-15-11-9-14(2)10-12-15/h9-12H,3-8,13H2,1-2H3,(H2,17,18,19).